The number of allylic oxidation sites excluding steroid dienone is 4. The van der Waals surface area contributed by atoms with Crippen molar-refractivity contribution in [1.29, 1.82) is 0 Å². The Labute approximate surface area is 300 Å². The number of rotatable bonds is 35. The molecule has 0 rings (SSSR count). The molecule has 0 aliphatic carbocycles. The molecule has 0 radical (unpaired) electrons. The van der Waals surface area contributed by atoms with Crippen LogP contribution in [0.25, 0.3) is 0 Å². The van der Waals surface area contributed by atoms with Crippen LogP contribution in [0.2, 0.25) is 0 Å². The average Bonchev–Trinajstić information content (AvgIpc) is 3.08. The number of carbonyl (C=O) groups is 3. The number of amides is 1. The van der Waals surface area contributed by atoms with Crippen molar-refractivity contribution in [3.8, 4) is 0 Å². The van der Waals surface area contributed by atoms with Crippen LogP contribution in [0.15, 0.2) is 24.3 Å². The van der Waals surface area contributed by atoms with Crippen molar-refractivity contribution in [1.82, 2.24) is 9.80 Å². The van der Waals surface area contributed by atoms with E-state index < -0.39 is 0 Å². The lowest BCUT2D eigenvalue weighted by molar-refractivity contribution is -0.141. The molecule has 0 aromatic heterocycles. The fourth-order valence-electron chi connectivity index (χ4n) is 5.50. The number of esters is 2. The maximum atomic E-state index is 13.0. The van der Waals surface area contributed by atoms with Gasteiger partial charge in [0.2, 0.25) is 5.91 Å². The van der Waals surface area contributed by atoms with Crippen molar-refractivity contribution in [3.05, 3.63) is 24.3 Å². The standard InChI is InChI=1S/C40H74N2O5S/c1-41(2)35-36-48-37-38(43)42(33-29-25-21-17-13-9-5-7-11-15-19-23-27-31-39(44)46-3)34-30-26-22-18-14-10-6-8-12-16-20-24-28-32-40(45)47-4/h7-8,11-12H,5-6,9-10,13-37H2,1-4H3/b11-7-,12-8-. The number of hydrogen-bond donors (Lipinski definition) is 0. The van der Waals surface area contributed by atoms with E-state index in [9.17, 15) is 14.4 Å². The lowest BCUT2D eigenvalue weighted by atomic mass is 10.1. The highest BCUT2D eigenvalue weighted by atomic mass is 32.2. The van der Waals surface area contributed by atoms with Gasteiger partial charge < -0.3 is 19.3 Å². The Hall–Kier alpha value is -1.80. The van der Waals surface area contributed by atoms with Gasteiger partial charge in [0.15, 0.2) is 0 Å². The van der Waals surface area contributed by atoms with Crippen LogP contribution in [0.3, 0.4) is 0 Å². The summed E-state index contributed by atoms with van der Waals surface area (Å²) in [5, 5.41) is 0. The van der Waals surface area contributed by atoms with Gasteiger partial charge in [-0.2, -0.15) is 11.8 Å². The molecule has 0 atom stereocenters. The molecule has 0 aliphatic heterocycles. The average molecular weight is 695 g/mol. The number of ether oxygens (including phenoxy) is 2. The van der Waals surface area contributed by atoms with Gasteiger partial charge in [-0.25, -0.2) is 0 Å². The van der Waals surface area contributed by atoms with Gasteiger partial charge in [0.25, 0.3) is 0 Å². The predicted molar refractivity (Wildman–Crippen MR) is 206 cm³/mol. The summed E-state index contributed by atoms with van der Waals surface area (Å²) in [6.07, 6.45) is 36.0. The monoisotopic (exact) mass is 695 g/mol. The minimum atomic E-state index is -0.103. The van der Waals surface area contributed by atoms with Gasteiger partial charge in [0, 0.05) is 38.2 Å². The Morgan fingerprint density at radius 1 is 0.500 bits per heavy atom. The first-order valence-corrected chi connectivity index (χ1v) is 20.5. The molecule has 0 N–H and O–H groups in total. The third kappa shape index (κ3) is 34.1. The molecule has 0 aromatic carbocycles. The van der Waals surface area contributed by atoms with Crippen LogP contribution in [-0.4, -0.2) is 87.1 Å². The molecule has 0 aliphatic rings. The molecule has 8 heteroatoms. The smallest absolute Gasteiger partial charge is 0.305 e. The zero-order chi connectivity index (χ0) is 35.3. The Morgan fingerprint density at radius 3 is 1.23 bits per heavy atom. The molecule has 0 spiro atoms. The zero-order valence-electron chi connectivity index (χ0n) is 31.7. The van der Waals surface area contributed by atoms with E-state index in [1.807, 2.05) is 0 Å². The highest BCUT2D eigenvalue weighted by Gasteiger charge is 2.13. The van der Waals surface area contributed by atoms with Crippen molar-refractivity contribution < 1.29 is 23.9 Å². The van der Waals surface area contributed by atoms with Gasteiger partial charge in [-0.15, -0.1) is 0 Å². The molecule has 0 unspecified atom stereocenters. The van der Waals surface area contributed by atoms with Crippen LogP contribution in [0.5, 0.6) is 0 Å². The molecule has 48 heavy (non-hydrogen) atoms. The van der Waals surface area contributed by atoms with E-state index in [1.54, 1.807) is 11.8 Å². The minimum Gasteiger partial charge on any atom is -0.469 e. The molecule has 7 nitrogen and oxygen atoms in total. The van der Waals surface area contributed by atoms with Gasteiger partial charge >= 0.3 is 11.9 Å². The van der Waals surface area contributed by atoms with Crippen molar-refractivity contribution in [2.75, 3.05) is 59.5 Å². The molecule has 0 fully saturated rings. The Balaban J connectivity index is 3.99. The first-order chi connectivity index (χ1) is 23.4. The fourth-order valence-corrected chi connectivity index (χ4v) is 6.49. The quantitative estimate of drug-likeness (QED) is 0.0371. The normalized spacial score (nSPS) is 11.6. The second-order valence-corrected chi connectivity index (χ2v) is 14.5. The van der Waals surface area contributed by atoms with E-state index in [4.69, 9.17) is 0 Å². The number of hydrogen-bond acceptors (Lipinski definition) is 7. The summed E-state index contributed by atoms with van der Waals surface area (Å²) in [4.78, 5) is 39.6. The van der Waals surface area contributed by atoms with Crippen molar-refractivity contribution in [3.63, 3.8) is 0 Å². The second-order valence-electron chi connectivity index (χ2n) is 13.4. The number of thioether (sulfide) groups is 1. The molecule has 0 aromatic rings. The Kier molecular flexibility index (Phi) is 35.1. The lowest BCUT2D eigenvalue weighted by Gasteiger charge is -2.23. The maximum Gasteiger partial charge on any atom is 0.305 e. The van der Waals surface area contributed by atoms with Crippen LogP contribution in [0, 0.1) is 0 Å². The molecule has 280 valence electrons. The molecular weight excluding hydrogens is 621 g/mol. The molecule has 0 saturated heterocycles. The fraction of sp³-hybridized carbons (Fsp3) is 0.825. The SMILES string of the molecule is COC(=O)CCCCC/C=C\CCCCCCCCN(CCCCCCCC/C=C\CCCCCC(=O)OC)C(=O)CSCCN(C)C. The van der Waals surface area contributed by atoms with Gasteiger partial charge in [-0.3, -0.25) is 14.4 Å². The summed E-state index contributed by atoms with van der Waals surface area (Å²) < 4.78 is 9.36. The van der Waals surface area contributed by atoms with E-state index in [1.165, 1.54) is 78.4 Å². The van der Waals surface area contributed by atoms with E-state index in [0.29, 0.717) is 24.5 Å². The maximum absolute atomic E-state index is 13.0. The summed E-state index contributed by atoms with van der Waals surface area (Å²) >= 11 is 1.77. The van der Waals surface area contributed by atoms with Crippen LogP contribution in [-0.2, 0) is 23.9 Å². The first-order valence-electron chi connectivity index (χ1n) is 19.3. The van der Waals surface area contributed by atoms with Crippen molar-refractivity contribution >= 4 is 29.6 Å². The van der Waals surface area contributed by atoms with E-state index in [0.717, 1.165) is 102 Å². The van der Waals surface area contributed by atoms with Crippen molar-refractivity contribution in [2.45, 2.75) is 154 Å². The van der Waals surface area contributed by atoms with Gasteiger partial charge in [0.05, 0.1) is 20.0 Å². The summed E-state index contributed by atoms with van der Waals surface area (Å²) in [6, 6.07) is 0. The van der Waals surface area contributed by atoms with E-state index in [2.05, 4.69) is 57.7 Å². The van der Waals surface area contributed by atoms with Crippen LogP contribution in [0.1, 0.15) is 154 Å². The van der Waals surface area contributed by atoms with Gasteiger partial charge in [0.1, 0.15) is 0 Å². The topological polar surface area (TPSA) is 76.1 Å². The highest BCUT2D eigenvalue weighted by molar-refractivity contribution is 7.99. The largest absolute Gasteiger partial charge is 0.469 e. The lowest BCUT2D eigenvalue weighted by Crippen LogP contribution is -2.34. The van der Waals surface area contributed by atoms with Crippen molar-refractivity contribution in [2.24, 2.45) is 0 Å². The van der Waals surface area contributed by atoms with Crippen LogP contribution < -0.4 is 0 Å². The third-order valence-electron chi connectivity index (χ3n) is 8.65. The Bertz CT molecular complexity index is 765. The molecule has 1 amide bonds. The second kappa shape index (κ2) is 36.5. The van der Waals surface area contributed by atoms with Gasteiger partial charge in [-0.05, 0) is 91.1 Å². The molecular formula is C40H74N2O5S. The molecule has 0 bridgehead atoms. The number of nitrogens with zero attached hydrogens (tertiary/aromatic N) is 2. The van der Waals surface area contributed by atoms with E-state index >= 15 is 0 Å². The van der Waals surface area contributed by atoms with Crippen LogP contribution >= 0.6 is 11.8 Å². The number of carbonyl (C=O) groups excluding carboxylic acids is 3. The first kappa shape index (κ1) is 46.2. The minimum absolute atomic E-state index is 0.103. The molecule has 0 saturated carbocycles. The Morgan fingerprint density at radius 2 is 0.854 bits per heavy atom. The molecule has 0 heterocycles. The summed E-state index contributed by atoms with van der Waals surface area (Å²) in [5.41, 5.74) is 0. The summed E-state index contributed by atoms with van der Waals surface area (Å²) in [7, 11) is 7.07. The van der Waals surface area contributed by atoms with Gasteiger partial charge in [-0.1, -0.05) is 88.5 Å². The highest BCUT2D eigenvalue weighted by Crippen LogP contribution is 2.13. The summed E-state index contributed by atoms with van der Waals surface area (Å²) in [6.45, 7) is 2.83. The predicted octanol–water partition coefficient (Wildman–Crippen LogP) is 9.93. The summed E-state index contributed by atoms with van der Waals surface area (Å²) in [5.74, 6) is 1.73. The number of unbranched alkanes of at least 4 members (excludes halogenated alkanes) is 18. The van der Waals surface area contributed by atoms with E-state index in [-0.39, 0.29) is 11.9 Å². The zero-order valence-corrected chi connectivity index (χ0v) is 32.5. The number of methoxy groups -OCH3 is 2. The van der Waals surface area contributed by atoms with Crippen LogP contribution in [0.4, 0.5) is 0 Å². The third-order valence-corrected chi connectivity index (χ3v) is 9.57.